The summed E-state index contributed by atoms with van der Waals surface area (Å²) < 4.78 is 0. The van der Waals surface area contributed by atoms with E-state index in [1.54, 1.807) is 6.07 Å². The monoisotopic (exact) mass is 237 g/mol. The van der Waals surface area contributed by atoms with Crippen molar-refractivity contribution in [3.05, 3.63) is 29.3 Å². The zero-order valence-corrected chi connectivity index (χ0v) is 9.40. The summed E-state index contributed by atoms with van der Waals surface area (Å²) in [5.41, 5.74) is 6.32. The molecule has 0 aliphatic carbocycles. The van der Waals surface area contributed by atoms with Gasteiger partial charge in [0.15, 0.2) is 0 Å². The number of hydrogen-bond acceptors (Lipinski definition) is 4. The summed E-state index contributed by atoms with van der Waals surface area (Å²) in [5.74, 6) is -1.02. The second-order valence-corrected chi connectivity index (χ2v) is 3.70. The van der Waals surface area contributed by atoms with Gasteiger partial charge in [-0.25, -0.2) is 0 Å². The Hall–Kier alpha value is -2.08. The zero-order valence-electron chi connectivity index (χ0n) is 9.40. The van der Waals surface area contributed by atoms with Crippen molar-refractivity contribution in [3.8, 4) is 5.75 Å². The van der Waals surface area contributed by atoms with E-state index in [4.69, 9.17) is 16.2 Å². The van der Waals surface area contributed by atoms with Gasteiger partial charge in [-0.15, -0.1) is 0 Å². The molecule has 0 aliphatic rings. The number of carboxylic acid groups (broad SMARTS) is 1. The molecular weight excluding hydrogens is 222 g/mol. The Morgan fingerprint density at radius 1 is 1.59 bits per heavy atom. The van der Waals surface area contributed by atoms with Crippen LogP contribution in [0.2, 0.25) is 0 Å². The average Bonchev–Trinajstić information content (AvgIpc) is 2.26. The highest BCUT2D eigenvalue weighted by Gasteiger charge is 2.11. The number of amidine groups is 1. The van der Waals surface area contributed by atoms with Gasteiger partial charge in [-0.1, -0.05) is 0 Å². The maximum atomic E-state index is 10.6. The normalized spacial score (nSPS) is 12.1. The topological polar surface area (TPSA) is 119 Å². The van der Waals surface area contributed by atoms with Gasteiger partial charge in [0.25, 0.3) is 0 Å². The van der Waals surface area contributed by atoms with Crippen molar-refractivity contribution in [2.45, 2.75) is 19.5 Å². The molecule has 6 heteroatoms. The zero-order chi connectivity index (χ0) is 13.0. The van der Waals surface area contributed by atoms with Crippen LogP contribution in [0.5, 0.6) is 5.75 Å². The van der Waals surface area contributed by atoms with Gasteiger partial charge in [0, 0.05) is 17.7 Å². The molecule has 0 saturated carbocycles. The molecule has 1 aromatic rings. The molecule has 1 rings (SSSR count). The molecule has 0 bridgehead atoms. The number of rotatable bonds is 5. The largest absolute Gasteiger partial charge is 0.508 e. The minimum absolute atomic E-state index is 0.0417. The van der Waals surface area contributed by atoms with Crippen LogP contribution in [-0.2, 0) is 11.3 Å². The second kappa shape index (κ2) is 5.31. The quantitative estimate of drug-likeness (QED) is 0.371. The second-order valence-electron chi connectivity index (χ2n) is 3.70. The van der Waals surface area contributed by atoms with Crippen molar-refractivity contribution in [2.75, 3.05) is 0 Å². The Morgan fingerprint density at radius 3 is 2.76 bits per heavy atom. The lowest BCUT2D eigenvalue weighted by Gasteiger charge is -2.11. The van der Waals surface area contributed by atoms with E-state index in [-0.39, 0.29) is 18.1 Å². The number of phenolic OH excluding ortho intramolecular Hbond substituents is 1. The van der Waals surface area contributed by atoms with Crippen LogP contribution in [0, 0.1) is 5.41 Å². The molecule has 17 heavy (non-hydrogen) atoms. The molecule has 0 spiro atoms. The number of carbonyl (C=O) groups is 1. The highest BCUT2D eigenvalue weighted by atomic mass is 16.4. The van der Waals surface area contributed by atoms with Crippen molar-refractivity contribution in [1.82, 2.24) is 5.32 Å². The third-order valence-corrected chi connectivity index (χ3v) is 2.36. The van der Waals surface area contributed by atoms with E-state index in [1.165, 1.54) is 19.1 Å². The van der Waals surface area contributed by atoms with Gasteiger partial charge in [-0.2, -0.15) is 0 Å². The number of hydrogen-bond donors (Lipinski definition) is 5. The Balaban J connectivity index is 2.79. The summed E-state index contributed by atoms with van der Waals surface area (Å²) in [5, 5.41) is 28.3. The molecule has 6 nitrogen and oxygen atoms in total. The minimum atomic E-state index is -0.966. The van der Waals surface area contributed by atoms with Crippen LogP contribution < -0.4 is 11.1 Å². The molecule has 1 atom stereocenters. The van der Waals surface area contributed by atoms with Crippen LogP contribution in [0.1, 0.15) is 18.1 Å². The lowest BCUT2D eigenvalue weighted by atomic mass is 10.1. The smallest absolute Gasteiger partial charge is 0.320 e. The van der Waals surface area contributed by atoms with E-state index in [1.807, 2.05) is 0 Å². The fraction of sp³-hybridized carbons (Fsp3) is 0.273. The van der Waals surface area contributed by atoms with Gasteiger partial charge in [0.2, 0.25) is 0 Å². The SMILES string of the molecule is CC(NCc1cc(C(=N)N)ccc1O)C(=O)O. The van der Waals surface area contributed by atoms with Crippen LogP contribution in [-0.4, -0.2) is 28.1 Å². The molecule has 92 valence electrons. The summed E-state index contributed by atoms with van der Waals surface area (Å²) >= 11 is 0. The number of benzene rings is 1. The maximum absolute atomic E-state index is 10.6. The van der Waals surface area contributed by atoms with Crippen molar-refractivity contribution in [3.63, 3.8) is 0 Å². The van der Waals surface area contributed by atoms with Crippen LogP contribution in [0.3, 0.4) is 0 Å². The number of nitrogen functional groups attached to an aromatic ring is 1. The van der Waals surface area contributed by atoms with Gasteiger partial charge in [-0.3, -0.25) is 10.2 Å². The molecule has 0 radical (unpaired) electrons. The summed E-state index contributed by atoms with van der Waals surface area (Å²) in [7, 11) is 0. The van der Waals surface area contributed by atoms with Crippen molar-refractivity contribution in [1.29, 1.82) is 5.41 Å². The molecule has 1 unspecified atom stereocenters. The van der Waals surface area contributed by atoms with Gasteiger partial charge >= 0.3 is 5.97 Å². The van der Waals surface area contributed by atoms with E-state index in [9.17, 15) is 9.90 Å². The fourth-order valence-corrected chi connectivity index (χ4v) is 1.24. The van der Waals surface area contributed by atoms with E-state index >= 15 is 0 Å². The number of phenols is 1. The van der Waals surface area contributed by atoms with Crippen molar-refractivity contribution >= 4 is 11.8 Å². The lowest BCUT2D eigenvalue weighted by Crippen LogP contribution is -2.33. The number of aliphatic carboxylic acids is 1. The molecule has 1 aromatic carbocycles. The fourth-order valence-electron chi connectivity index (χ4n) is 1.24. The first-order chi connectivity index (χ1) is 7.91. The first kappa shape index (κ1) is 13.0. The van der Waals surface area contributed by atoms with E-state index < -0.39 is 12.0 Å². The summed E-state index contributed by atoms with van der Waals surface area (Å²) in [6, 6.07) is 3.80. The third kappa shape index (κ3) is 3.46. The van der Waals surface area contributed by atoms with E-state index in [0.29, 0.717) is 11.1 Å². The van der Waals surface area contributed by atoms with Crippen molar-refractivity contribution < 1.29 is 15.0 Å². The Labute approximate surface area is 98.6 Å². The predicted octanol–water partition coefficient (Wildman–Crippen LogP) is 0.239. The molecule has 0 fully saturated rings. The van der Waals surface area contributed by atoms with Crippen molar-refractivity contribution in [2.24, 2.45) is 5.73 Å². The number of nitrogens with one attached hydrogen (secondary N) is 2. The lowest BCUT2D eigenvalue weighted by molar-refractivity contribution is -0.139. The minimum Gasteiger partial charge on any atom is -0.508 e. The number of aromatic hydroxyl groups is 1. The number of carboxylic acids is 1. The molecule has 0 amide bonds. The first-order valence-corrected chi connectivity index (χ1v) is 5.04. The van der Waals surface area contributed by atoms with E-state index in [0.717, 1.165) is 0 Å². The highest BCUT2D eigenvalue weighted by molar-refractivity contribution is 5.95. The van der Waals surface area contributed by atoms with Crippen LogP contribution in [0.15, 0.2) is 18.2 Å². The van der Waals surface area contributed by atoms with Crippen LogP contribution in [0.4, 0.5) is 0 Å². The van der Waals surface area contributed by atoms with Gasteiger partial charge in [-0.05, 0) is 25.1 Å². The predicted molar refractivity (Wildman–Crippen MR) is 63.1 cm³/mol. The number of nitrogens with two attached hydrogens (primary N) is 1. The van der Waals surface area contributed by atoms with Gasteiger partial charge in [0.1, 0.15) is 17.6 Å². The highest BCUT2D eigenvalue weighted by Crippen LogP contribution is 2.18. The Bertz CT molecular complexity index is 446. The first-order valence-electron chi connectivity index (χ1n) is 5.04. The average molecular weight is 237 g/mol. The van der Waals surface area contributed by atoms with Gasteiger partial charge < -0.3 is 21.3 Å². The molecule has 0 aliphatic heterocycles. The van der Waals surface area contributed by atoms with Crippen LogP contribution >= 0.6 is 0 Å². The van der Waals surface area contributed by atoms with Crippen LogP contribution in [0.25, 0.3) is 0 Å². The maximum Gasteiger partial charge on any atom is 0.320 e. The summed E-state index contributed by atoms with van der Waals surface area (Å²) in [4.78, 5) is 10.6. The Kier molecular flexibility index (Phi) is 4.06. The summed E-state index contributed by atoms with van der Waals surface area (Å²) in [6.07, 6.45) is 0. The third-order valence-electron chi connectivity index (χ3n) is 2.36. The molecule has 6 N–H and O–H groups in total. The molecule has 0 heterocycles. The van der Waals surface area contributed by atoms with E-state index in [2.05, 4.69) is 5.32 Å². The summed E-state index contributed by atoms with van der Waals surface area (Å²) in [6.45, 7) is 1.70. The Morgan fingerprint density at radius 2 is 2.24 bits per heavy atom. The molecular formula is C11H15N3O3. The molecule has 0 saturated heterocycles. The van der Waals surface area contributed by atoms with Gasteiger partial charge in [0.05, 0.1) is 0 Å². The standard InChI is InChI=1S/C11H15N3O3/c1-6(11(16)17)14-5-8-4-7(10(12)13)2-3-9(8)15/h2-4,6,14-15H,5H2,1H3,(H3,12,13)(H,16,17). The molecule has 0 aromatic heterocycles.